The first-order valence-corrected chi connectivity index (χ1v) is 10.7. The van der Waals surface area contributed by atoms with Crippen LogP contribution in [0.1, 0.15) is 24.5 Å². The second-order valence-corrected chi connectivity index (χ2v) is 7.94. The van der Waals surface area contributed by atoms with Crippen molar-refractivity contribution in [3.63, 3.8) is 0 Å². The third-order valence-corrected chi connectivity index (χ3v) is 4.85. The number of hydrogen-bond donors (Lipinski definition) is 2. The van der Waals surface area contributed by atoms with E-state index in [4.69, 9.17) is 9.47 Å². The van der Waals surface area contributed by atoms with Crippen molar-refractivity contribution in [1.82, 2.24) is 10.6 Å². The number of sulfone groups is 1. The summed E-state index contributed by atoms with van der Waals surface area (Å²) in [5.74, 6) is 0.731. The van der Waals surface area contributed by atoms with Crippen molar-refractivity contribution in [3.05, 3.63) is 29.3 Å². The van der Waals surface area contributed by atoms with Crippen LogP contribution in [0.3, 0.4) is 0 Å². The van der Waals surface area contributed by atoms with Gasteiger partial charge in [-0.1, -0.05) is 12.1 Å². The molecule has 26 heavy (non-hydrogen) atoms. The lowest BCUT2D eigenvalue weighted by molar-refractivity contribution is 0.0698. The summed E-state index contributed by atoms with van der Waals surface area (Å²) in [5, 5.41) is 6.46. The number of methoxy groups -OCH3 is 1. The van der Waals surface area contributed by atoms with Gasteiger partial charge in [0.1, 0.15) is 0 Å². The second kappa shape index (κ2) is 11.9. The molecule has 0 heterocycles. The van der Waals surface area contributed by atoms with E-state index in [9.17, 15) is 8.42 Å². The zero-order valence-corrected chi connectivity index (χ0v) is 17.0. The summed E-state index contributed by atoms with van der Waals surface area (Å²) in [6.07, 6.45) is 2.09. The maximum atomic E-state index is 11.7. The standard InChI is InChI=1S/C18H31N3O4S/c1-5-19-18(20-9-6-10-25-12-11-24-3)21-14-16-7-8-17(15(2)13-16)26(4,22)23/h7-8,13H,5-6,9-12,14H2,1-4H3,(H2,19,20,21). The molecule has 0 aliphatic rings. The van der Waals surface area contributed by atoms with E-state index < -0.39 is 9.84 Å². The molecule has 148 valence electrons. The molecule has 0 amide bonds. The van der Waals surface area contributed by atoms with Crippen LogP contribution in [-0.4, -0.2) is 60.7 Å². The zero-order chi connectivity index (χ0) is 19.4. The predicted molar refractivity (Wildman–Crippen MR) is 104 cm³/mol. The molecule has 0 aromatic heterocycles. The number of aliphatic imine (C=N–C) groups is 1. The minimum absolute atomic E-state index is 0.365. The lowest BCUT2D eigenvalue weighted by Gasteiger charge is -2.12. The van der Waals surface area contributed by atoms with Gasteiger partial charge in [0.15, 0.2) is 15.8 Å². The van der Waals surface area contributed by atoms with Gasteiger partial charge in [0.05, 0.1) is 24.7 Å². The van der Waals surface area contributed by atoms with Crippen LogP contribution in [0.15, 0.2) is 28.1 Å². The summed E-state index contributed by atoms with van der Waals surface area (Å²) in [5.41, 5.74) is 1.71. The van der Waals surface area contributed by atoms with Crippen LogP contribution >= 0.6 is 0 Å². The monoisotopic (exact) mass is 385 g/mol. The third-order valence-electron chi connectivity index (χ3n) is 3.59. The summed E-state index contributed by atoms with van der Waals surface area (Å²) in [7, 11) is -1.54. The van der Waals surface area contributed by atoms with E-state index in [0.717, 1.165) is 36.6 Å². The van der Waals surface area contributed by atoms with Crippen molar-refractivity contribution in [3.8, 4) is 0 Å². The van der Waals surface area contributed by atoms with E-state index in [-0.39, 0.29) is 0 Å². The van der Waals surface area contributed by atoms with Gasteiger partial charge in [-0.25, -0.2) is 13.4 Å². The quantitative estimate of drug-likeness (QED) is 0.341. The van der Waals surface area contributed by atoms with Gasteiger partial charge >= 0.3 is 0 Å². The Morgan fingerprint density at radius 1 is 1.19 bits per heavy atom. The number of ether oxygens (including phenoxy) is 2. The van der Waals surface area contributed by atoms with Gasteiger partial charge in [0.25, 0.3) is 0 Å². The minimum atomic E-state index is -3.19. The first-order chi connectivity index (χ1) is 12.4. The van der Waals surface area contributed by atoms with E-state index in [1.807, 2.05) is 13.0 Å². The molecule has 0 bridgehead atoms. The highest BCUT2D eigenvalue weighted by molar-refractivity contribution is 7.90. The molecule has 1 aromatic rings. The molecule has 0 aliphatic carbocycles. The SMILES string of the molecule is CCNC(=NCc1ccc(S(C)(=O)=O)c(C)c1)NCCCOCCOC. The average Bonchev–Trinajstić information content (AvgIpc) is 2.57. The summed E-state index contributed by atoms with van der Waals surface area (Å²) in [4.78, 5) is 4.91. The fourth-order valence-corrected chi connectivity index (χ4v) is 3.32. The molecule has 0 spiro atoms. The van der Waals surface area contributed by atoms with Crippen LogP contribution in [-0.2, 0) is 25.9 Å². The van der Waals surface area contributed by atoms with Crippen molar-refractivity contribution in [2.45, 2.75) is 31.7 Å². The van der Waals surface area contributed by atoms with Gasteiger partial charge in [-0.3, -0.25) is 0 Å². The number of nitrogens with zero attached hydrogens (tertiary/aromatic N) is 1. The van der Waals surface area contributed by atoms with E-state index in [2.05, 4.69) is 15.6 Å². The molecule has 2 N–H and O–H groups in total. The highest BCUT2D eigenvalue weighted by atomic mass is 32.2. The lowest BCUT2D eigenvalue weighted by atomic mass is 10.1. The molecular formula is C18H31N3O4S. The average molecular weight is 386 g/mol. The number of hydrogen-bond acceptors (Lipinski definition) is 5. The van der Waals surface area contributed by atoms with Gasteiger partial charge in [0, 0.05) is 33.1 Å². The van der Waals surface area contributed by atoms with Gasteiger partial charge in [-0.2, -0.15) is 0 Å². The van der Waals surface area contributed by atoms with Crippen molar-refractivity contribution < 1.29 is 17.9 Å². The Morgan fingerprint density at radius 2 is 1.96 bits per heavy atom. The van der Waals surface area contributed by atoms with E-state index in [0.29, 0.717) is 31.3 Å². The predicted octanol–water partition coefficient (Wildman–Crippen LogP) is 1.51. The topological polar surface area (TPSA) is 89.0 Å². The largest absolute Gasteiger partial charge is 0.382 e. The second-order valence-electron chi connectivity index (χ2n) is 5.95. The van der Waals surface area contributed by atoms with Crippen LogP contribution < -0.4 is 10.6 Å². The number of benzene rings is 1. The number of aryl methyl sites for hydroxylation is 1. The van der Waals surface area contributed by atoms with Gasteiger partial charge in [-0.15, -0.1) is 0 Å². The maximum absolute atomic E-state index is 11.7. The van der Waals surface area contributed by atoms with Crippen LogP contribution in [0.4, 0.5) is 0 Å². The van der Waals surface area contributed by atoms with Crippen LogP contribution in [0.2, 0.25) is 0 Å². The molecule has 0 unspecified atom stereocenters. The molecule has 0 fully saturated rings. The molecule has 1 aromatic carbocycles. The summed E-state index contributed by atoms with van der Waals surface area (Å²) >= 11 is 0. The Morgan fingerprint density at radius 3 is 2.58 bits per heavy atom. The first kappa shape index (κ1) is 22.4. The first-order valence-electron chi connectivity index (χ1n) is 8.77. The van der Waals surface area contributed by atoms with Crippen LogP contribution in [0.25, 0.3) is 0 Å². The van der Waals surface area contributed by atoms with Gasteiger partial charge in [0.2, 0.25) is 0 Å². The Kier molecular flexibility index (Phi) is 10.2. The Bertz CT molecular complexity index is 675. The van der Waals surface area contributed by atoms with Gasteiger partial charge < -0.3 is 20.1 Å². The molecule has 0 saturated carbocycles. The number of rotatable bonds is 11. The fourth-order valence-electron chi connectivity index (χ4n) is 2.36. The van der Waals surface area contributed by atoms with Crippen LogP contribution in [0, 0.1) is 6.92 Å². The lowest BCUT2D eigenvalue weighted by Crippen LogP contribution is -2.38. The molecule has 1 rings (SSSR count). The molecule has 0 saturated heterocycles. The number of guanidine groups is 1. The van der Waals surface area contributed by atoms with E-state index in [1.165, 1.54) is 6.26 Å². The Hall–Kier alpha value is -1.64. The smallest absolute Gasteiger partial charge is 0.191 e. The molecule has 8 heteroatoms. The molecule has 0 aliphatic heterocycles. The molecule has 0 radical (unpaired) electrons. The van der Waals surface area contributed by atoms with Crippen molar-refractivity contribution in [2.75, 3.05) is 46.3 Å². The Labute approximate surface area is 157 Å². The summed E-state index contributed by atoms with van der Waals surface area (Å²) in [6.45, 7) is 7.69. The number of nitrogens with one attached hydrogen (secondary N) is 2. The Balaban J connectivity index is 2.54. The molecule has 0 atom stereocenters. The van der Waals surface area contributed by atoms with Crippen LogP contribution in [0.5, 0.6) is 0 Å². The van der Waals surface area contributed by atoms with Gasteiger partial charge in [-0.05, 0) is 37.5 Å². The molecular weight excluding hydrogens is 354 g/mol. The fraction of sp³-hybridized carbons (Fsp3) is 0.611. The highest BCUT2D eigenvalue weighted by Crippen LogP contribution is 2.17. The highest BCUT2D eigenvalue weighted by Gasteiger charge is 2.10. The zero-order valence-electron chi connectivity index (χ0n) is 16.2. The van der Waals surface area contributed by atoms with Crippen molar-refractivity contribution in [2.24, 2.45) is 4.99 Å². The summed E-state index contributed by atoms with van der Waals surface area (Å²) in [6, 6.07) is 5.32. The molecule has 7 nitrogen and oxygen atoms in total. The normalized spacial score (nSPS) is 12.2. The maximum Gasteiger partial charge on any atom is 0.191 e. The van der Waals surface area contributed by atoms with E-state index >= 15 is 0 Å². The van der Waals surface area contributed by atoms with E-state index in [1.54, 1.807) is 26.2 Å². The third kappa shape index (κ3) is 8.64. The van der Waals surface area contributed by atoms with Crippen molar-refractivity contribution in [1.29, 1.82) is 0 Å². The van der Waals surface area contributed by atoms with Crippen molar-refractivity contribution >= 4 is 15.8 Å². The summed E-state index contributed by atoms with van der Waals surface area (Å²) < 4.78 is 33.7. The minimum Gasteiger partial charge on any atom is -0.382 e.